The Hall–Kier alpha value is -0.373. The maximum atomic E-state index is 5.32. The lowest BCUT2D eigenvalue weighted by molar-refractivity contribution is 0.838. The highest BCUT2D eigenvalue weighted by Gasteiger charge is 2.41. The molecule has 0 unspecified atom stereocenters. The minimum atomic E-state index is -1.59. The van der Waals surface area contributed by atoms with Gasteiger partial charge in [0.05, 0.1) is 0 Å². The molecule has 0 bridgehead atoms. The molecule has 15 heavy (non-hydrogen) atoms. The Labute approximate surface area is 101 Å². The average molecular weight is 241 g/mol. The van der Waals surface area contributed by atoms with Gasteiger partial charge >= 0.3 is 0 Å². The van der Waals surface area contributed by atoms with E-state index in [1.165, 1.54) is 0 Å². The van der Waals surface area contributed by atoms with Crippen LogP contribution in [0.4, 0.5) is 0 Å². The molecule has 2 heteroatoms. The van der Waals surface area contributed by atoms with Gasteiger partial charge in [-0.05, 0) is 34.1 Å². The zero-order chi connectivity index (χ0) is 12.1. The molecular weight excluding hydrogens is 220 g/mol. The minimum Gasteiger partial charge on any atom is -0.116 e. The topological polar surface area (TPSA) is 0 Å². The first kappa shape index (κ1) is 14.6. The van der Waals surface area contributed by atoms with E-state index in [2.05, 4.69) is 64.3 Å². The smallest absolute Gasteiger partial charge is 0.116 e. The highest BCUT2D eigenvalue weighted by molar-refractivity contribution is 6.90. The van der Waals surface area contributed by atoms with Crippen molar-refractivity contribution < 1.29 is 0 Å². The molecule has 0 saturated heterocycles. The van der Waals surface area contributed by atoms with Gasteiger partial charge in [-0.25, -0.2) is 0 Å². The van der Waals surface area contributed by atoms with E-state index < -0.39 is 8.07 Å². The first-order chi connectivity index (χ1) is 6.89. The standard InChI is InChI=1S/C13H21ClSi/c1-11(2)15(12(3)4,13(5)6)10-8-7-9-14/h11-13H,1-6H3. The van der Waals surface area contributed by atoms with Crippen molar-refractivity contribution in [1.82, 2.24) is 0 Å². The second kappa shape index (κ2) is 6.26. The van der Waals surface area contributed by atoms with Crippen LogP contribution in [0.15, 0.2) is 0 Å². The number of halogens is 1. The van der Waals surface area contributed by atoms with E-state index in [4.69, 9.17) is 11.6 Å². The Bertz CT molecular complexity index is 285. The van der Waals surface area contributed by atoms with Crippen molar-refractivity contribution >= 4 is 19.7 Å². The Morgan fingerprint density at radius 1 is 0.800 bits per heavy atom. The summed E-state index contributed by atoms with van der Waals surface area (Å²) in [6, 6.07) is 0. The fourth-order valence-corrected chi connectivity index (χ4v) is 7.79. The predicted molar refractivity (Wildman–Crippen MR) is 72.5 cm³/mol. The molecule has 0 spiro atoms. The fourth-order valence-electron chi connectivity index (χ4n) is 2.60. The third-order valence-corrected chi connectivity index (χ3v) is 9.64. The molecular formula is C13H21ClSi. The summed E-state index contributed by atoms with van der Waals surface area (Å²) in [6.07, 6.45) is 0. The van der Waals surface area contributed by atoms with Crippen molar-refractivity contribution in [3.05, 3.63) is 0 Å². The van der Waals surface area contributed by atoms with Gasteiger partial charge in [-0.1, -0.05) is 41.5 Å². The predicted octanol–water partition coefficient (Wildman–Crippen LogP) is 4.41. The van der Waals surface area contributed by atoms with E-state index >= 15 is 0 Å². The van der Waals surface area contributed by atoms with E-state index in [1.807, 2.05) is 0 Å². The molecule has 0 aliphatic carbocycles. The van der Waals surface area contributed by atoms with Gasteiger partial charge in [-0.2, -0.15) is 0 Å². The Morgan fingerprint density at radius 2 is 1.20 bits per heavy atom. The summed E-state index contributed by atoms with van der Waals surface area (Å²) >= 11 is 5.32. The van der Waals surface area contributed by atoms with Gasteiger partial charge < -0.3 is 0 Å². The van der Waals surface area contributed by atoms with Crippen molar-refractivity contribution in [2.75, 3.05) is 0 Å². The van der Waals surface area contributed by atoms with Crippen molar-refractivity contribution in [1.29, 1.82) is 0 Å². The highest BCUT2D eigenvalue weighted by Crippen LogP contribution is 2.40. The molecule has 84 valence electrons. The van der Waals surface area contributed by atoms with Gasteiger partial charge in [0.15, 0.2) is 0 Å². The monoisotopic (exact) mass is 240 g/mol. The molecule has 0 rings (SSSR count). The van der Waals surface area contributed by atoms with E-state index in [9.17, 15) is 0 Å². The minimum absolute atomic E-state index is 0.655. The maximum absolute atomic E-state index is 5.32. The van der Waals surface area contributed by atoms with Crippen molar-refractivity contribution in [3.8, 4) is 22.8 Å². The molecule has 0 aromatic heterocycles. The molecule has 0 saturated carbocycles. The van der Waals surface area contributed by atoms with Gasteiger partial charge in [0, 0.05) is 11.3 Å². The van der Waals surface area contributed by atoms with Crippen LogP contribution in [0.3, 0.4) is 0 Å². The van der Waals surface area contributed by atoms with Crippen LogP contribution in [-0.4, -0.2) is 8.07 Å². The largest absolute Gasteiger partial charge is 0.147 e. The van der Waals surface area contributed by atoms with Gasteiger partial charge in [-0.3, -0.25) is 0 Å². The highest BCUT2D eigenvalue weighted by atomic mass is 35.5. The summed E-state index contributed by atoms with van der Waals surface area (Å²) in [5.74, 6) is 5.60. The summed E-state index contributed by atoms with van der Waals surface area (Å²) in [5.41, 5.74) is 5.43. The first-order valence-corrected chi connectivity index (χ1v) is 8.13. The van der Waals surface area contributed by atoms with Gasteiger partial charge in [-0.15, -0.1) is 5.54 Å². The van der Waals surface area contributed by atoms with Crippen molar-refractivity contribution in [3.63, 3.8) is 0 Å². The molecule has 0 fully saturated rings. The van der Waals surface area contributed by atoms with Crippen LogP contribution in [-0.2, 0) is 0 Å². The van der Waals surface area contributed by atoms with Crippen LogP contribution >= 0.6 is 11.6 Å². The second-order valence-electron chi connectivity index (χ2n) is 4.87. The molecule has 0 aliphatic rings. The lowest BCUT2D eigenvalue weighted by Gasteiger charge is -2.37. The molecule has 0 heterocycles. The summed E-state index contributed by atoms with van der Waals surface area (Å²) in [4.78, 5) is 0. The second-order valence-corrected chi connectivity index (χ2v) is 10.6. The van der Waals surface area contributed by atoms with Crippen LogP contribution in [0, 0.1) is 22.8 Å². The normalized spacial score (nSPS) is 11.1. The lowest BCUT2D eigenvalue weighted by Crippen LogP contribution is -2.43. The number of hydrogen-bond acceptors (Lipinski definition) is 0. The quantitative estimate of drug-likeness (QED) is 0.507. The molecule has 0 atom stereocenters. The van der Waals surface area contributed by atoms with Gasteiger partial charge in [0.2, 0.25) is 0 Å². The van der Waals surface area contributed by atoms with Crippen LogP contribution in [0.25, 0.3) is 0 Å². The molecule has 0 N–H and O–H groups in total. The van der Waals surface area contributed by atoms with Crippen LogP contribution in [0.2, 0.25) is 16.6 Å². The van der Waals surface area contributed by atoms with E-state index in [-0.39, 0.29) is 0 Å². The maximum Gasteiger partial charge on any atom is 0.147 e. The molecule has 0 aliphatic heterocycles. The molecule has 0 radical (unpaired) electrons. The average Bonchev–Trinajstić information content (AvgIpc) is 2.10. The summed E-state index contributed by atoms with van der Waals surface area (Å²) in [5, 5.41) is 2.33. The van der Waals surface area contributed by atoms with Gasteiger partial charge in [0.25, 0.3) is 0 Å². The van der Waals surface area contributed by atoms with E-state index in [0.29, 0.717) is 16.6 Å². The van der Waals surface area contributed by atoms with Gasteiger partial charge in [0.1, 0.15) is 8.07 Å². The Kier molecular flexibility index (Phi) is 6.11. The molecule has 0 aromatic carbocycles. The zero-order valence-electron chi connectivity index (χ0n) is 10.6. The molecule has 0 aromatic rings. The lowest BCUT2D eigenvalue weighted by atomic mass is 10.5. The number of hydrogen-bond donors (Lipinski definition) is 0. The van der Waals surface area contributed by atoms with Crippen LogP contribution in [0.5, 0.6) is 0 Å². The van der Waals surface area contributed by atoms with Crippen molar-refractivity contribution in [2.24, 2.45) is 0 Å². The summed E-state index contributed by atoms with van der Waals surface area (Å²) in [7, 11) is -1.59. The SMILES string of the molecule is CC(C)[Si](C#CC#CCl)(C(C)C)C(C)C. The van der Waals surface area contributed by atoms with Crippen LogP contribution in [0.1, 0.15) is 41.5 Å². The fraction of sp³-hybridized carbons (Fsp3) is 0.692. The summed E-state index contributed by atoms with van der Waals surface area (Å²) in [6.45, 7) is 13.7. The third-order valence-electron chi connectivity index (χ3n) is 3.25. The Balaban J connectivity index is 5.33. The van der Waals surface area contributed by atoms with E-state index in [1.54, 1.807) is 0 Å². The first-order valence-electron chi connectivity index (χ1n) is 5.52. The number of rotatable bonds is 3. The third kappa shape index (κ3) is 3.30. The molecule has 0 amide bonds. The Morgan fingerprint density at radius 3 is 1.47 bits per heavy atom. The zero-order valence-corrected chi connectivity index (χ0v) is 12.4. The van der Waals surface area contributed by atoms with Crippen molar-refractivity contribution in [2.45, 2.75) is 58.2 Å². The van der Waals surface area contributed by atoms with E-state index in [0.717, 1.165) is 0 Å². The summed E-state index contributed by atoms with van der Waals surface area (Å²) < 4.78 is 0. The molecule has 0 nitrogen and oxygen atoms in total. The van der Waals surface area contributed by atoms with Crippen LogP contribution < -0.4 is 0 Å².